The lowest BCUT2D eigenvalue weighted by molar-refractivity contribution is -0.141. The second kappa shape index (κ2) is 7.14. The minimum Gasteiger partial charge on any atom is -0.469 e. The number of methoxy groups -OCH3 is 1. The molecule has 1 fully saturated rings. The van der Waals surface area contributed by atoms with Gasteiger partial charge in [-0.1, -0.05) is 16.1 Å². The predicted molar refractivity (Wildman–Crippen MR) is 73.3 cm³/mol. The van der Waals surface area contributed by atoms with Crippen molar-refractivity contribution in [3.8, 4) is 0 Å². The van der Waals surface area contributed by atoms with Gasteiger partial charge >= 0.3 is 5.97 Å². The van der Waals surface area contributed by atoms with Crippen molar-refractivity contribution in [3.63, 3.8) is 0 Å². The van der Waals surface area contributed by atoms with Crippen LogP contribution in [0.25, 0.3) is 0 Å². The lowest BCUT2D eigenvalue weighted by Crippen LogP contribution is -2.46. The molecule has 0 bridgehead atoms. The van der Waals surface area contributed by atoms with Crippen molar-refractivity contribution in [2.45, 2.75) is 13.0 Å². The molecule has 0 aromatic carbocycles. The van der Waals surface area contributed by atoms with Crippen molar-refractivity contribution in [3.05, 3.63) is 10.0 Å². The third-order valence-corrected chi connectivity index (χ3v) is 4.19. The summed E-state index contributed by atoms with van der Waals surface area (Å²) in [7, 11) is 1.42. The highest BCUT2D eigenvalue weighted by Gasteiger charge is 2.19. The monoisotopic (exact) mass is 304 g/mol. The van der Waals surface area contributed by atoms with Gasteiger partial charge in [0, 0.05) is 50.8 Å². The van der Waals surface area contributed by atoms with Crippen LogP contribution in [-0.4, -0.2) is 65.2 Å². The molecule has 0 atom stereocenters. The first-order valence-electron chi connectivity index (χ1n) is 6.17. The van der Waals surface area contributed by atoms with Gasteiger partial charge in [-0.3, -0.25) is 9.69 Å². The molecule has 1 saturated heterocycles. The number of aromatic nitrogens is 2. The molecule has 0 saturated carbocycles. The van der Waals surface area contributed by atoms with E-state index in [2.05, 4.69) is 24.1 Å². The van der Waals surface area contributed by atoms with Gasteiger partial charge in [0.05, 0.1) is 13.5 Å². The van der Waals surface area contributed by atoms with Gasteiger partial charge < -0.3 is 9.64 Å². The fourth-order valence-electron chi connectivity index (χ4n) is 2.03. The molecular weight excluding hydrogens is 288 g/mol. The summed E-state index contributed by atoms with van der Waals surface area (Å²) in [5.74, 6) is -0.150. The topological polar surface area (TPSA) is 58.6 Å². The molecular formula is C11H17ClN4O2S. The lowest BCUT2D eigenvalue weighted by atomic mass is 10.2. The van der Waals surface area contributed by atoms with Crippen molar-refractivity contribution < 1.29 is 9.53 Å². The Morgan fingerprint density at radius 3 is 2.63 bits per heavy atom. The van der Waals surface area contributed by atoms with Gasteiger partial charge in [0.2, 0.25) is 0 Å². The predicted octanol–water partition coefficient (Wildman–Crippen LogP) is 0.872. The first kappa shape index (κ1) is 14.6. The molecule has 0 aliphatic carbocycles. The second-order valence-corrected chi connectivity index (χ2v) is 5.79. The molecule has 1 aromatic heterocycles. The molecule has 1 aliphatic heterocycles. The lowest BCUT2D eigenvalue weighted by Gasteiger charge is -2.34. The Labute approximate surface area is 121 Å². The molecule has 0 N–H and O–H groups in total. The smallest absolute Gasteiger partial charge is 0.306 e. The van der Waals surface area contributed by atoms with E-state index in [4.69, 9.17) is 11.6 Å². The van der Waals surface area contributed by atoms with Crippen LogP contribution in [-0.2, 0) is 16.1 Å². The average molecular weight is 305 g/mol. The zero-order valence-electron chi connectivity index (χ0n) is 10.8. The van der Waals surface area contributed by atoms with Gasteiger partial charge in [-0.05, 0) is 0 Å². The van der Waals surface area contributed by atoms with Crippen LogP contribution in [0.5, 0.6) is 0 Å². The molecule has 1 aromatic rings. The third-order valence-electron chi connectivity index (χ3n) is 3.21. The second-order valence-electron chi connectivity index (χ2n) is 4.44. The van der Waals surface area contributed by atoms with Gasteiger partial charge in [0.1, 0.15) is 10.0 Å². The van der Waals surface area contributed by atoms with Gasteiger partial charge in [-0.25, -0.2) is 0 Å². The Morgan fingerprint density at radius 2 is 2.05 bits per heavy atom. The molecule has 8 heteroatoms. The molecule has 106 valence electrons. The zero-order chi connectivity index (χ0) is 13.7. The van der Waals surface area contributed by atoms with Crippen LogP contribution in [0, 0.1) is 0 Å². The summed E-state index contributed by atoms with van der Waals surface area (Å²) in [6, 6.07) is 0. The SMILES string of the molecule is COC(=O)CCN1CCN(Cc2nnsc2Cl)CC1. The van der Waals surface area contributed by atoms with E-state index in [1.165, 1.54) is 18.6 Å². The van der Waals surface area contributed by atoms with Crippen molar-refractivity contribution >= 4 is 29.1 Å². The summed E-state index contributed by atoms with van der Waals surface area (Å²) >= 11 is 7.22. The van der Waals surface area contributed by atoms with Crippen molar-refractivity contribution in [1.82, 2.24) is 19.4 Å². The minimum absolute atomic E-state index is 0.150. The maximum atomic E-state index is 11.1. The van der Waals surface area contributed by atoms with E-state index >= 15 is 0 Å². The summed E-state index contributed by atoms with van der Waals surface area (Å²) < 4.78 is 9.15. The molecule has 1 aliphatic rings. The number of hydrogen-bond acceptors (Lipinski definition) is 7. The first-order valence-corrected chi connectivity index (χ1v) is 7.32. The fourth-order valence-corrected chi connectivity index (χ4v) is 2.64. The van der Waals surface area contributed by atoms with E-state index in [-0.39, 0.29) is 5.97 Å². The van der Waals surface area contributed by atoms with Crippen molar-refractivity contribution in [2.24, 2.45) is 0 Å². The standard InChI is InChI=1S/C11H17ClN4O2S/c1-18-10(17)2-3-15-4-6-16(7-5-15)8-9-11(12)19-14-13-9/h2-8H2,1H3. The van der Waals surface area contributed by atoms with Gasteiger partial charge in [-0.2, -0.15) is 0 Å². The molecule has 0 unspecified atom stereocenters. The summed E-state index contributed by atoms with van der Waals surface area (Å²) in [4.78, 5) is 15.7. The van der Waals surface area contributed by atoms with E-state index < -0.39 is 0 Å². The van der Waals surface area contributed by atoms with Crippen LogP contribution in [0.15, 0.2) is 0 Å². The quantitative estimate of drug-likeness (QED) is 0.753. The van der Waals surface area contributed by atoms with Gasteiger partial charge in [-0.15, -0.1) is 5.10 Å². The summed E-state index contributed by atoms with van der Waals surface area (Å²) in [5.41, 5.74) is 0.856. The number of halogens is 1. The molecule has 0 spiro atoms. The number of carbonyl (C=O) groups excluding carboxylic acids is 1. The van der Waals surface area contributed by atoms with E-state index in [0.717, 1.165) is 45.0 Å². The maximum Gasteiger partial charge on any atom is 0.306 e. The van der Waals surface area contributed by atoms with Crippen LogP contribution < -0.4 is 0 Å². The van der Waals surface area contributed by atoms with Gasteiger partial charge in [0.25, 0.3) is 0 Å². The Hall–Kier alpha value is -0.760. The Balaban J connectivity index is 1.70. The normalized spacial score (nSPS) is 17.6. The van der Waals surface area contributed by atoms with E-state index in [1.54, 1.807) is 0 Å². The minimum atomic E-state index is -0.150. The Bertz CT molecular complexity index is 421. The number of piperazine rings is 1. The molecule has 0 radical (unpaired) electrons. The Kier molecular flexibility index (Phi) is 5.50. The summed E-state index contributed by atoms with van der Waals surface area (Å²) in [6.45, 7) is 5.32. The number of esters is 1. The molecule has 6 nitrogen and oxygen atoms in total. The van der Waals surface area contributed by atoms with E-state index in [1.807, 2.05) is 0 Å². The van der Waals surface area contributed by atoms with Crippen LogP contribution >= 0.6 is 23.1 Å². The molecule has 0 amide bonds. The Morgan fingerprint density at radius 1 is 1.37 bits per heavy atom. The molecule has 2 heterocycles. The number of carbonyl (C=O) groups is 1. The highest BCUT2D eigenvalue weighted by atomic mass is 35.5. The van der Waals surface area contributed by atoms with Crippen LogP contribution in [0.2, 0.25) is 4.34 Å². The highest BCUT2D eigenvalue weighted by Crippen LogP contribution is 2.19. The number of rotatable bonds is 5. The first-order chi connectivity index (χ1) is 9.19. The van der Waals surface area contributed by atoms with E-state index in [0.29, 0.717) is 10.8 Å². The van der Waals surface area contributed by atoms with Crippen molar-refractivity contribution in [1.29, 1.82) is 0 Å². The maximum absolute atomic E-state index is 11.1. The van der Waals surface area contributed by atoms with Crippen LogP contribution in [0.3, 0.4) is 0 Å². The van der Waals surface area contributed by atoms with E-state index in [9.17, 15) is 4.79 Å². The van der Waals surface area contributed by atoms with Gasteiger partial charge in [0.15, 0.2) is 0 Å². The number of ether oxygens (including phenoxy) is 1. The van der Waals surface area contributed by atoms with Crippen LogP contribution in [0.4, 0.5) is 0 Å². The average Bonchev–Trinajstić information content (AvgIpc) is 2.83. The number of nitrogens with zero attached hydrogens (tertiary/aromatic N) is 4. The third kappa shape index (κ3) is 4.38. The summed E-state index contributed by atoms with van der Waals surface area (Å²) in [5, 5.41) is 4.02. The zero-order valence-corrected chi connectivity index (χ0v) is 12.4. The highest BCUT2D eigenvalue weighted by molar-refractivity contribution is 7.10. The van der Waals surface area contributed by atoms with Crippen molar-refractivity contribution in [2.75, 3.05) is 39.8 Å². The molecule has 19 heavy (non-hydrogen) atoms. The van der Waals surface area contributed by atoms with Crippen LogP contribution in [0.1, 0.15) is 12.1 Å². The summed E-state index contributed by atoms with van der Waals surface area (Å²) in [6.07, 6.45) is 0.457. The molecule has 2 rings (SSSR count). The number of hydrogen-bond donors (Lipinski definition) is 0. The largest absolute Gasteiger partial charge is 0.469 e. The fraction of sp³-hybridized carbons (Fsp3) is 0.727.